The molecule has 1 aliphatic heterocycles. The van der Waals surface area contributed by atoms with E-state index >= 15 is 0 Å². The van der Waals surface area contributed by atoms with E-state index in [1.807, 2.05) is 6.92 Å². The summed E-state index contributed by atoms with van der Waals surface area (Å²) >= 11 is 0. The number of aromatic nitrogens is 2. The summed E-state index contributed by atoms with van der Waals surface area (Å²) in [7, 11) is 0. The summed E-state index contributed by atoms with van der Waals surface area (Å²) in [6.45, 7) is 2.61. The molecule has 2 heterocycles. The highest BCUT2D eigenvalue weighted by atomic mass is 16.5. The van der Waals surface area contributed by atoms with Crippen molar-refractivity contribution < 1.29 is 19.1 Å². The predicted molar refractivity (Wildman–Crippen MR) is 69.5 cm³/mol. The maximum absolute atomic E-state index is 10.8. The Bertz CT molecular complexity index is 620. The van der Waals surface area contributed by atoms with Gasteiger partial charge in [0, 0.05) is 5.56 Å². The lowest BCUT2D eigenvalue weighted by molar-refractivity contribution is 0.0697. The van der Waals surface area contributed by atoms with Crippen LogP contribution in [0.25, 0.3) is 11.5 Å². The monoisotopic (exact) mass is 274 g/mol. The number of ether oxygens (including phenoxy) is 1. The molecule has 0 aliphatic carbocycles. The maximum Gasteiger partial charge on any atom is 0.335 e. The molecule has 1 N–H and O–H groups in total. The van der Waals surface area contributed by atoms with Crippen LogP contribution in [-0.4, -0.2) is 34.0 Å². The molecule has 2 aromatic rings. The Balaban J connectivity index is 1.81. The van der Waals surface area contributed by atoms with E-state index in [1.165, 1.54) is 12.1 Å². The topological polar surface area (TPSA) is 85.5 Å². The summed E-state index contributed by atoms with van der Waals surface area (Å²) in [6, 6.07) is 6.35. The first-order chi connectivity index (χ1) is 9.63. The summed E-state index contributed by atoms with van der Waals surface area (Å²) in [5.41, 5.74) is 0.937. The summed E-state index contributed by atoms with van der Waals surface area (Å²) in [4.78, 5) is 10.8. The van der Waals surface area contributed by atoms with E-state index in [0.29, 0.717) is 24.0 Å². The number of nitrogens with zero attached hydrogens (tertiary/aromatic N) is 2. The van der Waals surface area contributed by atoms with Crippen molar-refractivity contribution in [3.05, 3.63) is 35.7 Å². The van der Waals surface area contributed by atoms with Crippen LogP contribution in [-0.2, 0) is 4.74 Å². The van der Waals surface area contributed by atoms with Gasteiger partial charge in [0.25, 0.3) is 0 Å². The molecule has 0 radical (unpaired) electrons. The molecule has 1 fully saturated rings. The normalized spacial score (nSPS) is 22.1. The first-order valence-electron chi connectivity index (χ1n) is 6.42. The fourth-order valence-electron chi connectivity index (χ4n) is 2.26. The number of aromatic carboxylic acids is 1. The standard InChI is InChI=1S/C14H14N2O4/c1-8-6-11(7-19-8)13-16-15-12(20-13)9-2-4-10(5-3-9)14(17)18/h2-5,8,11H,6-7H2,1H3,(H,17,18). The third-order valence-corrected chi connectivity index (χ3v) is 3.37. The van der Waals surface area contributed by atoms with Crippen molar-refractivity contribution in [2.75, 3.05) is 6.61 Å². The molecule has 1 saturated heterocycles. The first kappa shape index (κ1) is 12.8. The molecular weight excluding hydrogens is 260 g/mol. The highest BCUT2D eigenvalue weighted by Gasteiger charge is 2.28. The molecule has 1 aromatic heterocycles. The molecule has 6 heteroatoms. The van der Waals surface area contributed by atoms with Crippen LogP contribution in [0.15, 0.2) is 28.7 Å². The summed E-state index contributed by atoms with van der Waals surface area (Å²) in [5, 5.41) is 16.9. The van der Waals surface area contributed by atoms with Gasteiger partial charge in [0.1, 0.15) is 0 Å². The van der Waals surface area contributed by atoms with Gasteiger partial charge in [-0.2, -0.15) is 0 Å². The third-order valence-electron chi connectivity index (χ3n) is 3.37. The van der Waals surface area contributed by atoms with Crippen LogP contribution in [0.2, 0.25) is 0 Å². The third kappa shape index (κ3) is 2.42. The SMILES string of the molecule is CC1CC(c2nnc(-c3ccc(C(=O)O)cc3)o2)CO1. The Morgan fingerprint density at radius 3 is 2.65 bits per heavy atom. The Morgan fingerprint density at radius 1 is 1.30 bits per heavy atom. The van der Waals surface area contributed by atoms with Crippen molar-refractivity contribution in [1.82, 2.24) is 10.2 Å². The quantitative estimate of drug-likeness (QED) is 0.924. The van der Waals surface area contributed by atoms with Gasteiger partial charge in [-0.1, -0.05) is 0 Å². The molecule has 0 bridgehead atoms. The Labute approximate surface area is 115 Å². The molecule has 2 unspecified atom stereocenters. The van der Waals surface area contributed by atoms with Crippen LogP contribution < -0.4 is 0 Å². The van der Waals surface area contributed by atoms with Crippen LogP contribution >= 0.6 is 0 Å². The fourth-order valence-corrected chi connectivity index (χ4v) is 2.26. The minimum atomic E-state index is -0.958. The van der Waals surface area contributed by atoms with E-state index in [0.717, 1.165) is 6.42 Å². The molecule has 6 nitrogen and oxygen atoms in total. The number of carboxylic acid groups (broad SMARTS) is 1. The molecule has 0 spiro atoms. The number of hydrogen-bond acceptors (Lipinski definition) is 5. The zero-order valence-electron chi connectivity index (χ0n) is 10.9. The van der Waals surface area contributed by atoms with E-state index in [9.17, 15) is 4.79 Å². The van der Waals surface area contributed by atoms with Gasteiger partial charge in [0.15, 0.2) is 0 Å². The molecule has 1 aliphatic rings. The second-order valence-electron chi connectivity index (χ2n) is 4.90. The van der Waals surface area contributed by atoms with E-state index in [4.69, 9.17) is 14.3 Å². The molecule has 2 atom stereocenters. The van der Waals surface area contributed by atoms with E-state index < -0.39 is 5.97 Å². The van der Waals surface area contributed by atoms with Crippen LogP contribution in [0.5, 0.6) is 0 Å². The Kier molecular flexibility index (Phi) is 3.23. The number of carbonyl (C=O) groups is 1. The van der Waals surface area contributed by atoms with E-state index in [-0.39, 0.29) is 17.6 Å². The molecular formula is C14H14N2O4. The fraction of sp³-hybridized carbons (Fsp3) is 0.357. The van der Waals surface area contributed by atoms with Gasteiger partial charge in [-0.15, -0.1) is 10.2 Å². The molecule has 1 aromatic carbocycles. The minimum Gasteiger partial charge on any atom is -0.478 e. The molecule has 20 heavy (non-hydrogen) atoms. The second-order valence-corrected chi connectivity index (χ2v) is 4.90. The lowest BCUT2D eigenvalue weighted by Crippen LogP contribution is -1.98. The van der Waals surface area contributed by atoms with Crippen molar-refractivity contribution in [3.8, 4) is 11.5 Å². The molecule has 104 valence electrons. The van der Waals surface area contributed by atoms with Crippen molar-refractivity contribution in [2.45, 2.75) is 25.4 Å². The smallest absolute Gasteiger partial charge is 0.335 e. The summed E-state index contributed by atoms with van der Waals surface area (Å²) in [6.07, 6.45) is 1.09. The van der Waals surface area contributed by atoms with Gasteiger partial charge in [0.2, 0.25) is 11.8 Å². The number of rotatable bonds is 3. The largest absolute Gasteiger partial charge is 0.478 e. The Hall–Kier alpha value is -2.21. The van der Waals surface area contributed by atoms with Crippen molar-refractivity contribution in [3.63, 3.8) is 0 Å². The average Bonchev–Trinajstić information content (AvgIpc) is 3.07. The van der Waals surface area contributed by atoms with Gasteiger partial charge in [-0.3, -0.25) is 0 Å². The highest BCUT2D eigenvalue weighted by Crippen LogP contribution is 2.30. The van der Waals surface area contributed by atoms with Gasteiger partial charge >= 0.3 is 5.97 Å². The van der Waals surface area contributed by atoms with Gasteiger partial charge in [0.05, 0.1) is 24.2 Å². The summed E-state index contributed by atoms with van der Waals surface area (Å²) < 4.78 is 11.1. The predicted octanol–water partition coefficient (Wildman–Crippen LogP) is 2.33. The zero-order valence-corrected chi connectivity index (χ0v) is 10.9. The van der Waals surface area contributed by atoms with E-state index in [1.54, 1.807) is 12.1 Å². The van der Waals surface area contributed by atoms with Crippen LogP contribution in [0.4, 0.5) is 0 Å². The number of carboxylic acids is 1. The molecule has 0 amide bonds. The van der Waals surface area contributed by atoms with Gasteiger partial charge < -0.3 is 14.3 Å². The van der Waals surface area contributed by atoms with Crippen LogP contribution in [0.1, 0.15) is 35.5 Å². The van der Waals surface area contributed by atoms with Gasteiger partial charge in [-0.25, -0.2) is 4.79 Å². The molecule has 3 rings (SSSR count). The summed E-state index contributed by atoms with van der Waals surface area (Å²) in [5.74, 6) is 0.160. The maximum atomic E-state index is 10.8. The van der Waals surface area contributed by atoms with E-state index in [2.05, 4.69) is 10.2 Å². The van der Waals surface area contributed by atoms with Crippen molar-refractivity contribution >= 4 is 5.97 Å². The molecule has 0 saturated carbocycles. The Morgan fingerprint density at radius 2 is 2.05 bits per heavy atom. The van der Waals surface area contributed by atoms with Crippen molar-refractivity contribution in [2.24, 2.45) is 0 Å². The lowest BCUT2D eigenvalue weighted by Gasteiger charge is -2.00. The zero-order chi connectivity index (χ0) is 14.1. The lowest BCUT2D eigenvalue weighted by atomic mass is 10.1. The van der Waals surface area contributed by atoms with Gasteiger partial charge in [-0.05, 0) is 37.6 Å². The van der Waals surface area contributed by atoms with Crippen LogP contribution in [0.3, 0.4) is 0 Å². The minimum absolute atomic E-state index is 0.143. The number of benzene rings is 1. The van der Waals surface area contributed by atoms with Crippen molar-refractivity contribution in [1.29, 1.82) is 0 Å². The highest BCUT2D eigenvalue weighted by molar-refractivity contribution is 5.88. The first-order valence-corrected chi connectivity index (χ1v) is 6.42. The number of hydrogen-bond donors (Lipinski definition) is 1. The second kappa shape index (κ2) is 5.05. The van der Waals surface area contributed by atoms with Crippen LogP contribution in [0, 0.1) is 0 Å². The average molecular weight is 274 g/mol.